The molecule has 1 N–H and O–H groups in total. The average Bonchev–Trinajstić information content (AvgIpc) is 2.70. The predicted molar refractivity (Wildman–Crippen MR) is 120 cm³/mol. The lowest BCUT2D eigenvalue weighted by molar-refractivity contribution is -0.142. The van der Waals surface area contributed by atoms with Crippen LogP contribution in [0.4, 0.5) is 0 Å². The maximum atomic E-state index is 12.5. The largest absolute Gasteiger partial charge is 0.480 e. The average molecular weight is 418 g/mol. The molecule has 1 atom stereocenters. The molecule has 2 rings (SSSR count). The van der Waals surface area contributed by atoms with Crippen molar-refractivity contribution in [3.8, 4) is 0 Å². The molecule has 5 heteroatoms. The summed E-state index contributed by atoms with van der Waals surface area (Å²) in [5.74, 6) is -0.673. The van der Waals surface area contributed by atoms with Crippen LogP contribution in [0.25, 0.3) is 0 Å². The Bertz CT molecular complexity index is 723. The summed E-state index contributed by atoms with van der Waals surface area (Å²) < 4.78 is 0. The summed E-state index contributed by atoms with van der Waals surface area (Å²) >= 11 is 0. The third-order valence-corrected chi connectivity index (χ3v) is 5.63. The molecule has 0 fully saturated rings. The Labute approximate surface area is 180 Å². The van der Waals surface area contributed by atoms with Crippen LogP contribution in [-0.4, -0.2) is 41.9 Å². The number of carboxylic acid groups (broad SMARTS) is 1. The number of ketones is 1. The molecule has 0 bridgehead atoms. The minimum atomic E-state index is -1.14. The van der Waals surface area contributed by atoms with E-state index in [-0.39, 0.29) is 18.2 Å². The molecule has 158 valence electrons. The van der Waals surface area contributed by atoms with Gasteiger partial charge in [0.2, 0.25) is 0 Å². The topological polar surface area (TPSA) is 57.6 Å². The molecule has 0 heterocycles. The van der Waals surface area contributed by atoms with Gasteiger partial charge in [0.1, 0.15) is 11.2 Å². The Kier molecular flexibility index (Phi) is 10.1. The Balaban J connectivity index is 0.00000420. The standard InChI is InChI=1S/C24H31NO3.ClH/c1-19(25(2)3)16-17-22(26)15-10-18-24(23(27)28,20-11-6-4-7-12-20)21-13-8-5-9-14-21;/h4-9,11-14,19H,10,15-18H2,1-3H3,(H,27,28);1H. The summed E-state index contributed by atoms with van der Waals surface area (Å²) in [4.78, 5) is 26.9. The monoisotopic (exact) mass is 417 g/mol. The number of hydrogen-bond donors (Lipinski definition) is 1. The zero-order valence-electron chi connectivity index (χ0n) is 17.5. The number of hydrogen-bond acceptors (Lipinski definition) is 3. The maximum absolute atomic E-state index is 12.5. The van der Waals surface area contributed by atoms with Gasteiger partial charge in [-0.25, -0.2) is 0 Å². The SMILES string of the molecule is CC(CCC(=O)CCCC(C(=O)O)(c1ccccc1)c1ccccc1)N(C)C.Cl. The van der Waals surface area contributed by atoms with Crippen LogP contribution in [-0.2, 0) is 15.0 Å². The lowest BCUT2D eigenvalue weighted by Gasteiger charge is -2.31. The first kappa shape index (κ1) is 24.9. The van der Waals surface area contributed by atoms with Crippen LogP contribution in [0.3, 0.4) is 0 Å². The number of nitrogens with zero attached hydrogens (tertiary/aromatic N) is 1. The van der Waals surface area contributed by atoms with Gasteiger partial charge >= 0.3 is 5.97 Å². The van der Waals surface area contributed by atoms with Gasteiger partial charge in [-0.3, -0.25) is 9.59 Å². The van der Waals surface area contributed by atoms with Gasteiger partial charge in [0.05, 0.1) is 0 Å². The van der Waals surface area contributed by atoms with E-state index in [0.29, 0.717) is 31.7 Å². The van der Waals surface area contributed by atoms with Gasteiger partial charge in [-0.1, -0.05) is 60.7 Å². The third-order valence-electron chi connectivity index (χ3n) is 5.63. The van der Waals surface area contributed by atoms with Crippen LogP contribution in [0.2, 0.25) is 0 Å². The number of carboxylic acids is 1. The second kappa shape index (κ2) is 11.7. The van der Waals surface area contributed by atoms with E-state index in [1.165, 1.54) is 0 Å². The molecule has 0 aromatic heterocycles. The van der Waals surface area contributed by atoms with E-state index >= 15 is 0 Å². The highest BCUT2D eigenvalue weighted by molar-refractivity contribution is 5.86. The van der Waals surface area contributed by atoms with Crippen molar-refractivity contribution in [1.82, 2.24) is 4.90 Å². The number of Topliss-reactive ketones (excluding diaryl/α,β-unsaturated/α-hetero) is 1. The van der Waals surface area contributed by atoms with Crippen molar-refractivity contribution < 1.29 is 14.7 Å². The van der Waals surface area contributed by atoms with Crippen LogP contribution >= 0.6 is 12.4 Å². The highest BCUT2D eigenvalue weighted by Crippen LogP contribution is 2.37. The predicted octanol–water partition coefficient (Wildman–Crippen LogP) is 4.95. The fourth-order valence-corrected chi connectivity index (χ4v) is 3.56. The van der Waals surface area contributed by atoms with Gasteiger partial charge in [-0.05, 0) is 51.4 Å². The van der Waals surface area contributed by atoms with Crippen LogP contribution in [0.5, 0.6) is 0 Å². The molecule has 0 amide bonds. The Morgan fingerprint density at radius 3 is 1.83 bits per heavy atom. The van der Waals surface area contributed by atoms with Crippen LogP contribution in [0.1, 0.15) is 50.2 Å². The summed E-state index contributed by atoms with van der Waals surface area (Å²) in [6, 6.07) is 19.0. The Hall–Kier alpha value is -2.17. The maximum Gasteiger partial charge on any atom is 0.318 e. The van der Waals surface area contributed by atoms with Crippen molar-refractivity contribution >= 4 is 24.2 Å². The molecule has 0 aliphatic carbocycles. The summed E-state index contributed by atoms with van der Waals surface area (Å²) in [6.45, 7) is 2.10. The first-order chi connectivity index (χ1) is 13.4. The van der Waals surface area contributed by atoms with Crippen molar-refractivity contribution in [2.75, 3.05) is 14.1 Å². The fourth-order valence-electron chi connectivity index (χ4n) is 3.56. The van der Waals surface area contributed by atoms with Crippen LogP contribution in [0.15, 0.2) is 60.7 Å². The smallest absolute Gasteiger partial charge is 0.318 e. The Morgan fingerprint density at radius 2 is 1.41 bits per heavy atom. The highest BCUT2D eigenvalue weighted by atomic mass is 35.5. The summed E-state index contributed by atoms with van der Waals surface area (Å²) in [5, 5.41) is 10.2. The second-order valence-corrected chi connectivity index (χ2v) is 7.69. The molecular formula is C24H32ClNO3. The van der Waals surface area contributed by atoms with Gasteiger partial charge < -0.3 is 10.0 Å². The molecule has 2 aromatic carbocycles. The summed E-state index contributed by atoms with van der Waals surface area (Å²) in [7, 11) is 4.02. The number of carbonyl (C=O) groups is 2. The van der Waals surface area contributed by atoms with E-state index in [4.69, 9.17) is 0 Å². The number of carbonyl (C=O) groups excluding carboxylic acids is 1. The third kappa shape index (κ3) is 6.41. The Morgan fingerprint density at radius 1 is 0.931 bits per heavy atom. The summed E-state index contributed by atoms with van der Waals surface area (Å²) in [6.07, 6.45) is 2.72. The second-order valence-electron chi connectivity index (χ2n) is 7.69. The number of benzene rings is 2. The van der Waals surface area contributed by atoms with E-state index in [1.807, 2.05) is 74.8 Å². The molecule has 2 aromatic rings. The van der Waals surface area contributed by atoms with E-state index in [9.17, 15) is 14.7 Å². The highest BCUT2D eigenvalue weighted by Gasteiger charge is 2.41. The molecule has 1 unspecified atom stereocenters. The van der Waals surface area contributed by atoms with E-state index in [0.717, 1.165) is 17.5 Å². The number of halogens is 1. The molecule has 0 saturated carbocycles. The van der Waals surface area contributed by atoms with E-state index in [2.05, 4.69) is 11.8 Å². The van der Waals surface area contributed by atoms with E-state index < -0.39 is 11.4 Å². The van der Waals surface area contributed by atoms with Crippen molar-refractivity contribution in [3.63, 3.8) is 0 Å². The minimum Gasteiger partial charge on any atom is -0.480 e. The first-order valence-corrected chi connectivity index (χ1v) is 9.90. The van der Waals surface area contributed by atoms with Gasteiger partial charge in [0.25, 0.3) is 0 Å². The van der Waals surface area contributed by atoms with Crippen molar-refractivity contribution in [2.45, 2.75) is 50.5 Å². The molecule has 29 heavy (non-hydrogen) atoms. The molecule has 0 aliphatic heterocycles. The normalized spacial score (nSPS) is 12.3. The first-order valence-electron chi connectivity index (χ1n) is 9.90. The van der Waals surface area contributed by atoms with Crippen LogP contribution < -0.4 is 0 Å². The van der Waals surface area contributed by atoms with Crippen molar-refractivity contribution in [3.05, 3.63) is 71.8 Å². The number of aliphatic carboxylic acids is 1. The lowest BCUT2D eigenvalue weighted by atomic mass is 9.71. The van der Waals surface area contributed by atoms with E-state index in [1.54, 1.807) is 0 Å². The van der Waals surface area contributed by atoms with Crippen molar-refractivity contribution in [2.24, 2.45) is 0 Å². The van der Waals surface area contributed by atoms with Gasteiger partial charge in [0, 0.05) is 18.9 Å². The molecule has 0 radical (unpaired) electrons. The lowest BCUT2D eigenvalue weighted by Crippen LogP contribution is -2.37. The molecule has 0 spiro atoms. The van der Waals surface area contributed by atoms with Gasteiger partial charge in [-0.15, -0.1) is 12.4 Å². The van der Waals surface area contributed by atoms with Crippen LogP contribution in [0, 0.1) is 0 Å². The number of rotatable bonds is 11. The van der Waals surface area contributed by atoms with Gasteiger partial charge in [0.15, 0.2) is 0 Å². The molecule has 4 nitrogen and oxygen atoms in total. The van der Waals surface area contributed by atoms with Crippen molar-refractivity contribution in [1.29, 1.82) is 0 Å². The summed E-state index contributed by atoms with van der Waals surface area (Å²) in [5.41, 5.74) is 0.365. The molecular weight excluding hydrogens is 386 g/mol. The minimum absolute atomic E-state index is 0. The molecule has 0 saturated heterocycles. The molecule has 0 aliphatic rings. The fraction of sp³-hybridized carbons (Fsp3) is 0.417. The quantitative estimate of drug-likeness (QED) is 0.562. The zero-order valence-corrected chi connectivity index (χ0v) is 18.3. The zero-order chi connectivity index (χ0) is 20.6. The van der Waals surface area contributed by atoms with Gasteiger partial charge in [-0.2, -0.15) is 0 Å².